The molecule has 2 aromatic heterocycles. The number of benzene rings is 1. The van der Waals surface area contributed by atoms with Crippen LogP contribution >= 0.6 is 0 Å². The van der Waals surface area contributed by atoms with Crippen LogP contribution in [0, 0.1) is 0 Å². The van der Waals surface area contributed by atoms with Gasteiger partial charge in [-0.15, -0.1) is 0 Å². The van der Waals surface area contributed by atoms with Gasteiger partial charge in [-0.3, -0.25) is 9.78 Å². The Kier molecular flexibility index (Phi) is 7.11. The largest absolute Gasteiger partial charge is 0.480 e. The molecule has 3 atom stereocenters. The molecule has 9 nitrogen and oxygen atoms in total. The lowest BCUT2D eigenvalue weighted by Crippen LogP contribution is -2.55. The van der Waals surface area contributed by atoms with Crippen molar-refractivity contribution >= 4 is 38.5 Å². The number of fused-ring (bicyclic) bond motifs is 1. The number of carboxylic acids is 1. The van der Waals surface area contributed by atoms with Crippen molar-refractivity contribution in [1.82, 2.24) is 19.0 Å². The van der Waals surface area contributed by atoms with Crippen LogP contribution in [0.3, 0.4) is 0 Å². The van der Waals surface area contributed by atoms with Crippen LogP contribution in [0.25, 0.3) is 10.8 Å². The molecular formula is C24H29N5O4S. The molecule has 0 aliphatic carbocycles. The third-order valence-corrected chi connectivity index (χ3v) is 8.06. The minimum Gasteiger partial charge on any atom is -0.480 e. The Bertz CT molecular complexity index is 1250. The Morgan fingerprint density at radius 3 is 2.50 bits per heavy atom. The molecule has 1 aliphatic rings. The summed E-state index contributed by atoms with van der Waals surface area (Å²) in [5.41, 5.74) is 1.49. The van der Waals surface area contributed by atoms with Crippen LogP contribution in [0.15, 0.2) is 55.0 Å². The average Bonchev–Trinajstić information content (AvgIpc) is 2.79. The molecule has 3 aromatic rings. The van der Waals surface area contributed by atoms with Crippen LogP contribution in [0.1, 0.15) is 38.7 Å². The molecule has 0 spiro atoms. The quantitative estimate of drug-likeness (QED) is 0.448. The molecule has 1 fully saturated rings. The van der Waals surface area contributed by atoms with Crippen LogP contribution in [0.4, 0.5) is 11.5 Å². The van der Waals surface area contributed by atoms with E-state index in [0.717, 1.165) is 35.7 Å². The molecular weight excluding hydrogens is 454 g/mol. The van der Waals surface area contributed by atoms with Gasteiger partial charge in [0.15, 0.2) is 0 Å². The van der Waals surface area contributed by atoms with Gasteiger partial charge in [-0.1, -0.05) is 18.6 Å². The minimum atomic E-state index is -3.94. The van der Waals surface area contributed by atoms with Gasteiger partial charge in [0.2, 0.25) is 0 Å². The predicted molar refractivity (Wildman–Crippen MR) is 131 cm³/mol. The number of carbonyl (C=O) groups is 1. The number of rotatable bonds is 8. The van der Waals surface area contributed by atoms with Crippen LogP contribution in [-0.2, 0) is 21.4 Å². The highest BCUT2D eigenvalue weighted by Gasteiger charge is 2.37. The van der Waals surface area contributed by atoms with Crippen LogP contribution in [0.2, 0.25) is 0 Å². The van der Waals surface area contributed by atoms with Crippen molar-refractivity contribution in [2.45, 2.75) is 57.7 Å². The third kappa shape index (κ3) is 5.35. The van der Waals surface area contributed by atoms with Crippen molar-refractivity contribution < 1.29 is 18.3 Å². The number of hydrogen-bond acceptors (Lipinski definition) is 6. The van der Waals surface area contributed by atoms with Gasteiger partial charge in [0.25, 0.3) is 10.2 Å². The zero-order chi connectivity index (χ0) is 24.3. The molecule has 10 heteroatoms. The number of anilines is 2. The van der Waals surface area contributed by atoms with Gasteiger partial charge in [-0.25, -0.2) is 4.98 Å². The zero-order valence-electron chi connectivity index (χ0n) is 19.2. The first-order valence-electron chi connectivity index (χ1n) is 11.3. The highest BCUT2D eigenvalue weighted by Crippen LogP contribution is 2.26. The number of piperidine rings is 1. The average molecular weight is 484 g/mol. The summed E-state index contributed by atoms with van der Waals surface area (Å²) in [6.45, 7) is 3.72. The molecule has 1 saturated heterocycles. The lowest BCUT2D eigenvalue weighted by molar-refractivity contribution is -0.139. The van der Waals surface area contributed by atoms with Gasteiger partial charge < -0.3 is 10.4 Å². The number of aliphatic carboxylic acids is 1. The second kappa shape index (κ2) is 10.0. The van der Waals surface area contributed by atoms with Crippen LogP contribution in [0.5, 0.6) is 0 Å². The molecule has 1 aromatic carbocycles. The Labute approximate surface area is 199 Å². The fourth-order valence-corrected chi connectivity index (χ4v) is 6.33. The lowest BCUT2D eigenvalue weighted by Gasteiger charge is -2.38. The van der Waals surface area contributed by atoms with E-state index in [0.29, 0.717) is 11.4 Å². The molecule has 3 N–H and O–H groups in total. The number of nitrogens with one attached hydrogen (secondary N) is 2. The van der Waals surface area contributed by atoms with Gasteiger partial charge in [0.1, 0.15) is 11.9 Å². The molecule has 34 heavy (non-hydrogen) atoms. The SMILES string of the molecule is CC1CCCC(C)N1S(=O)(=O)N[C@@H](Cc1ccc(Nc2nccc3cnccc23)cc1)C(=O)O. The van der Waals surface area contributed by atoms with E-state index in [1.807, 2.05) is 38.1 Å². The maximum Gasteiger partial charge on any atom is 0.322 e. The number of pyridine rings is 2. The summed E-state index contributed by atoms with van der Waals surface area (Å²) in [6.07, 6.45) is 7.69. The van der Waals surface area contributed by atoms with E-state index in [1.54, 1.807) is 30.7 Å². The van der Waals surface area contributed by atoms with Crippen molar-refractivity contribution in [2.24, 2.45) is 0 Å². The normalized spacial score (nSPS) is 20.2. The topological polar surface area (TPSA) is 125 Å². The summed E-state index contributed by atoms with van der Waals surface area (Å²) < 4.78 is 29.8. The van der Waals surface area contributed by atoms with Gasteiger partial charge in [0.05, 0.1) is 0 Å². The summed E-state index contributed by atoms with van der Waals surface area (Å²) >= 11 is 0. The van der Waals surface area contributed by atoms with E-state index >= 15 is 0 Å². The first-order chi connectivity index (χ1) is 16.2. The van der Waals surface area contributed by atoms with Gasteiger partial charge in [-0.05, 0) is 62.9 Å². The first-order valence-corrected chi connectivity index (χ1v) is 12.8. The zero-order valence-corrected chi connectivity index (χ0v) is 20.0. The summed E-state index contributed by atoms with van der Waals surface area (Å²) in [7, 11) is -3.94. The highest BCUT2D eigenvalue weighted by molar-refractivity contribution is 7.87. The molecule has 0 bridgehead atoms. The summed E-state index contributed by atoms with van der Waals surface area (Å²) in [5.74, 6) is -0.523. The molecule has 0 amide bonds. The van der Waals surface area contributed by atoms with Crippen LogP contribution < -0.4 is 10.0 Å². The molecule has 4 rings (SSSR count). The standard InChI is InChI=1S/C24H29N5O4S/c1-16-4-3-5-17(2)29(16)34(32,33)28-22(24(30)31)14-18-6-8-20(9-7-18)27-23-21-11-12-25-15-19(21)10-13-26-23/h6-13,15-17,22,28H,3-5,14H2,1-2H3,(H,26,27)(H,30,31)/t16?,17?,22-/m0/s1. The maximum atomic E-state index is 13.0. The molecule has 3 heterocycles. The Morgan fingerprint density at radius 1 is 1.12 bits per heavy atom. The van der Waals surface area contributed by atoms with Crippen LogP contribution in [-0.4, -0.2) is 51.9 Å². The number of carboxylic acid groups (broad SMARTS) is 1. The van der Waals surface area contributed by atoms with Gasteiger partial charge >= 0.3 is 5.97 Å². The predicted octanol–water partition coefficient (Wildman–Crippen LogP) is 3.47. The second-order valence-electron chi connectivity index (χ2n) is 8.75. The highest BCUT2D eigenvalue weighted by atomic mass is 32.2. The van der Waals surface area contributed by atoms with Crippen molar-refractivity contribution in [3.63, 3.8) is 0 Å². The van der Waals surface area contributed by atoms with Crippen molar-refractivity contribution in [1.29, 1.82) is 0 Å². The van der Waals surface area contributed by atoms with Crippen molar-refractivity contribution in [3.8, 4) is 0 Å². The number of nitrogens with zero attached hydrogens (tertiary/aromatic N) is 3. The molecule has 2 unspecified atom stereocenters. The molecule has 0 saturated carbocycles. The van der Waals surface area contributed by atoms with Gasteiger partial charge in [0, 0.05) is 47.1 Å². The molecule has 0 radical (unpaired) electrons. The van der Waals surface area contributed by atoms with E-state index in [1.165, 1.54) is 4.31 Å². The van der Waals surface area contributed by atoms with Crippen molar-refractivity contribution in [2.75, 3.05) is 5.32 Å². The van der Waals surface area contributed by atoms with E-state index in [9.17, 15) is 18.3 Å². The Balaban J connectivity index is 1.47. The van der Waals surface area contributed by atoms with E-state index in [2.05, 4.69) is 20.0 Å². The lowest BCUT2D eigenvalue weighted by atomic mass is 10.0. The van der Waals surface area contributed by atoms with Gasteiger partial charge in [-0.2, -0.15) is 17.4 Å². The maximum absolute atomic E-state index is 13.0. The molecule has 1 aliphatic heterocycles. The third-order valence-electron chi connectivity index (χ3n) is 6.20. The first kappa shape index (κ1) is 24.1. The summed E-state index contributed by atoms with van der Waals surface area (Å²) in [4.78, 5) is 20.4. The summed E-state index contributed by atoms with van der Waals surface area (Å²) in [5, 5.41) is 14.9. The second-order valence-corrected chi connectivity index (χ2v) is 10.4. The number of aromatic nitrogens is 2. The number of hydrogen-bond donors (Lipinski definition) is 3. The minimum absolute atomic E-state index is 0.0314. The Hall–Kier alpha value is -3.08. The van der Waals surface area contributed by atoms with E-state index in [-0.39, 0.29) is 18.5 Å². The summed E-state index contributed by atoms with van der Waals surface area (Å²) in [6, 6.07) is 9.37. The van der Waals surface area contributed by atoms with E-state index < -0.39 is 22.2 Å². The Morgan fingerprint density at radius 2 is 1.82 bits per heavy atom. The fraction of sp³-hybridized carbons (Fsp3) is 0.375. The monoisotopic (exact) mass is 483 g/mol. The van der Waals surface area contributed by atoms with E-state index in [4.69, 9.17) is 0 Å². The molecule has 180 valence electrons. The fourth-order valence-electron chi connectivity index (χ4n) is 4.50. The van der Waals surface area contributed by atoms with Crippen molar-refractivity contribution in [3.05, 3.63) is 60.6 Å². The smallest absolute Gasteiger partial charge is 0.322 e.